The van der Waals surface area contributed by atoms with Crippen molar-refractivity contribution in [1.29, 1.82) is 0 Å². The summed E-state index contributed by atoms with van der Waals surface area (Å²) >= 11 is 1.92. The molecule has 1 saturated carbocycles. The number of nitrogens with one attached hydrogen (secondary N) is 2. The van der Waals surface area contributed by atoms with Crippen LogP contribution in [0.5, 0.6) is 0 Å². The normalized spacial score (nSPS) is 14.3. The minimum Gasteiger partial charge on any atom is -0.357 e. The van der Waals surface area contributed by atoms with Crippen LogP contribution in [0.3, 0.4) is 0 Å². The van der Waals surface area contributed by atoms with E-state index in [-0.39, 0.29) is 41.2 Å². The lowest BCUT2D eigenvalue weighted by atomic mass is 10.2. The van der Waals surface area contributed by atoms with Crippen LogP contribution >= 0.6 is 35.7 Å². The van der Waals surface area contributed by atoms with Crippen molar-refractivity contribution in [3.63, 3.8) is 0 Å². The van der Waals surface area contributed by atoms with Crippen molar-refractivity contribution in [3.8, 4) is 0 Å². The molecule has 0 saturated heterocycles. The highest BCUT2D eigenvalue weighted by atomic mass is 127. The van der Waals surface area contributed by atoms with Crippen LogP contribution in [0.4, 0.5) is 0 Å². The fourth-order valence-corrected chi connectivity index (χ4v) is 4.24. The lowest BCUT2D eigenvalue weighted by molar-refractivity contribution is -0.128. The smallest absolute Gasteiger partial charge is 0.244 e. The Balaban J connectivity index is 0.00000341. The standard InChI is InChI=1S/C23H31N5OS.HI/c1-3-24-22(27-18-23(13-14-23)30-20-10-5-4-6-11-20)26-17-21(29)28(2)16-12-19-9-7-8-15-25-19;/h4-11,15H,3,12-14,16-18H2,1-2H3,(H2,24,26,27);1H. The summed E-state index contributed by atoms with van der Waals surface area (Å²) in [6.07, 6.45) is 4.89. The molecule has 1 aromatic heterocycles. The first-order valence-electron chi connectivity index (χ1n) is 10.5. The van der Waals surface area contributed by atoms with E-state index in [1.165, 1.54) is 17.7 Å². The van der Waals surface area contributed by atoms with Crippen molar-refractivity contribution >= 4 is 47.6 Å². The van der Waals surface area contributed by atoms with Gasteiger partial charge in [0, 0.05) is 54.6 Å². The second-order valence-electron chi connectivity index (χ2n) is 7.53. The molecule has 1 fully saturated rings. The summed E-state index contributed by atoms with van der Waals surface area (Å²) in [5.41, 5.74) is 0.987. The van der Waals surface area contributed by atoms with E-state index in [1.54, 1.807) is 11.1 Å². The second kappa shape index (κ2) is 12.9. The molecule has 3 rings (SSSR count). The van der Waals surface area contributed by atoms with E-state index in [2.05, 4.69) is 44.9 Å². The van der Waals surface area contributed by atoms with Crippen LogP contribution < -0.4 is 10.6 Å². The average molecular weight is 554 g/mol. The van der Waals surface area contributed by atoms with Gasteiger partial charge in [-0.3, -0.25) is 9.78 Å². The van der Waals surface area contributed by atoms with Crippen molar-refractivity contribution in [2.75, 3.05) is 33.2 Å². The highest BCUT2D eigenvalue weighted by Crippen LogP contribution is 2.51. The van der Waals surface area contributed by atoms with Crippen LogP contribution in [0.2, 0.25) is 0 Å². The minimum absolute atomic E-state index is 0. The predicted octanol–water partition coefficient (Wildman–Crippen LogP) is 3.58. The number of halogens is 1. The van der Waals surface area contributed by atoms with Crippen LogP contribution in [-0.2, 0) is 11.2 Å². The molecule has 2 aromatic rings. The molecule has 0 atom stereocenters. The third kappa shape index (κ3) is 8.68. The number of likely N-dealkylation sites (N-methyl/N-ethyl adjacent to an activating group) is 1. The molecule has 1 aliphatic rings. The number of hydrogen-bond acceptors (Lipinski definition) is 4. The number of thioether (sulfide) groups is 1. The summed E-state index contributed by atoms with van der Waals surface area (Å²) in [7, 11) is 1.82. The quantitative estimate of drug-likeness (QED) is 0.268. The second-order valence-corrected chi connectivity index (χ2v) is 9.07. The molecule has 0 bridgehead atoms. The van der Waals surface area contributed by atoms with Gasteiger partial charge in [-0.25, -0.2) is 4.99 Å². The van der Waals surface area contributed by atoms with Gasteiger partial charge in [0.2, 0.25) is 5.91 Å². The Hall–Kier alpha value is -1.81. The first kappa shape index (κ1) is 25.5. The predicted molar refractivity (Wildman–Crippen MR) is 139 cm³/mol. The number of guanidine groups is 1. The molecule has 0 unspecified atom stereocenters. The summed E-state index contributed by atoms with van der Waals surface area (Å²) in [5.74, 6) is 0.701. The molecule has 31 heavy (non-hydrogen) atoms. The monoisotopic (exact) mass is 553 g/mol. The summed E-state index contributed by atoms with van der Waals surface area (Å²) in [6.45, 7) is 4.39. The van der Waals surface area contributed by atoms with Gasteiger partial charge in [0.15, 0.2) is 5.96 Å². The molecule has 0 spiro atoms. The van der Waals surface area contributed by atoms with Crippen LogP contribution in [0.15, 0.2) is 64.6 Å². The Morgan fingerprint density at radius 3 is 2.55 bits per heavy atom. The maximum absolute atomic E-state index is 12.5. The Bertz CT molecular complexity index is 830. The van der Waals surface area contributed by atoms with Crippen molar-refractivity contribution in [2.24, 2.45) is 4.99 Å². The number of aromatic nitrogens is 1. The Morgan fingerprint density at radius 1 is 1.16 bits per heavy atom. The largest absolute Gasteiger partial charge is 0.357 e. The Kier molecular flexibility index (Phi) is 10.6. The number of hydrogen-bond donors (Lipinski definition) is 2. The molecule has 0 radical (unpaired) electrons. The first-order valence-corrected chi connectivity index (χ1v) is 11.3. The number of carbonyl (C=O) groups excluding carboxylic acids is 1. The molecule has 2 N–H and O–H groups in total. The Morgan fingerprint density at radius 2 is 1.90 bits per heavy atom. The van der Waals surface area contributed by atoms with Gasteiger partial charge < -0.3 is 15.5 Å². The number of aliphatic imine (C=N–C) groups is 1. The van der Waals surface area contributed by atoms with E-state index in [9.17, 15) is 4.79 Å². The van der Waals surface area contributed by atoms with Crippen LogP contribution in [0.25, 0.3) is 0 Å². The van der Waals surface area contributed by atoms with Crippen molar-refractivity contribution in [1.82, 2.24) is 20.5 Å². The van der Waals surface area contributed by atoms with Gasteiger partial charge in [0.1, 0.15) is 6.54 Å². The van der Waals surface area contributed by atoms with Crippen molar-refractivity contribution in [3.05, 3.63) is 60.4 Å². The lowest BCUT2D eigenvalue weighted by Crippen LogP contribution is -2.42. The number of amides is 1. The first-order chi connectivity index (χ1) is 14.6. The van der Waals surface area contributed by atoms with Crippen molar-refractivity contribution in [2.45, 2.75) is 35.8 Å². The zero-order chi connectivity index (χ0) is 21.2. The number of rotatable bonds is 10. The van der Waals surface area contributed by atoms with E-state index < -0.39 is 0 Å². The van der Waals surface area contributed by atoms with Gasteiger partial charge in [0.05, 0.1) is 0 Å². The van der Waals surface area contributed by atoms with E-state index in [1.807, 2.05) is 50.0 Å². The van der Waals surface area contributed by atoms with Crippen LogP contribution in [0, 0.1) is 0 Å². The molecular formula is C23H32IN5OS. The third-order valence-electron chi connectivity index (χ3n) is 5.04. The van der Waals surface area contributed by atoms with E-state index >= 15 is 0 Å². The molecule has 1 aliphatic carbocycles. The number of benzene rings is 1. The van der Waals surface area contributed by atoms with Gasteiger partial charge in [-0.15, -0.1) is 35.7 Å². The highest BCUT2D eigenvalue weighted by molar-refractivity contribution is 14.0. The number of pyridine rings is 1. The highest BCUT2D eigenvalue weighted by Gasteiger charge is 2.43. The topological polar surface area (TPSA) is 69.6 Å². The van der Waals surface area contributed by atoms with Crippen LogP contribution in [-0.4, -0.2) is 59.7 Å². The third-order valence-corrected chi connectivity index (χ3v) is 6.53. The molecule has 1 heterocycles. The molecule has 6 nitrogen and oxygen atoms in total. The molecular weight excluding hydrogens is 521 g/mol. The summed E-state index contributed by atoms with van der Waals surface area (Å²) in [4.78, 5) is 24.3. The molecule has 168 valence electrons. The van der Waals surface area contributed by atoms with Gasteiger partial charge in [-0.05, 0) is 44.0 Å². The van der Waals surface area contributed by atoms with Gasteiger partial charge >= 0.3 is 0 Å². The van der Waals surface area contributed by atoms with Crippen LogP contribution in [0.1, 0.15) is 25.5 Å². The molecule has 1 aromatic carbocycles. The zero-order valence-corrected chi connectivity index (χ0v) is 21.4. The van der Waals surface area contributed by atoms with Crippen molar-refractivity contribution < 1.29 is 4.79 Å². The fraction of sp³-hybridized carbons (Fsp3) is 0.435. The zero-order valence-electron chi connectivity index (χ0n) is 18.2. The van der Waals surface area contributed by atoms with E-state index in [0.717, 1.165) is 25.2 Å². The number of carbonyl (C=O) groups is 1. The van der Waals surface area contributed by atoms with Gasteiger partial charge in [-0.1, -0.05) is 24.3 Å². The summed E-state index contributed by atoms with van der Waals surface area (Å²) in [6, 6.07) is 16.3. The molecule has 0 aliphatic heterocycles. The average Bonchev–Trinajstić information content (AvgIpc) is 3.54. The van der Waals surface area contributed by atoms with Gasteiger partial charge in [-0.2, -0.15) is 0 Å². The fourth-order valence-electron chi connectivity index (χ4n) is 3.00. The van der Waals surface area contributed by atoms with Gasteiger partial charge in [0.25, 0.3) is 0 Å². The number of nitrogens with zero attached hydrogens (tertiary/aromatic N) is 3. The van der Waals surface area contributed by atoms with E-state index in [0.29, 0.717) is 12.5 Å². The maximum Gasteiger partial charge on any atom is 0.244 e. The summed E-state index contributed by atoms with van der Waals surface area (Å²) in [5, 5.41) is 6.68. The Labute approximate surface area is 206 Å². The SMILES string of the molecule is CCNC(=NCC(=O)N(C)CCc1ccccn1)NCC1(Sc2ccccc2)CC1.I. The lowest BCUT2D eigenvalue weighted by Gasteiger charge is -2.19. The molecule has 8 heteroatoms. The maximum atomic E-state index is 12.5. The molecule has 1 amide bonds. The minimum atomic E-state index is 0. The van der Waals surface area contributed by atoms with E-state index in [4.69, 9.17) is 0 Å². The summed E-state index contributed by atoms with van der Waals surface area (Å²) < 4.78 is 0.223.